The molecule has 0 spiro atoms. The van der Waals surface area contributed by atoms with Gasteiger partial charge in [-0.3, -0.25) is 4.79 Å². The Morgan fingerprint density at radius 1 is 1.29 bits per heavy atom. The number of carbonyl (C=O) groups is 1. The molecule has 0 aliphatic rings. The van der Waals surface area contributed by atoms with Gasteiger partial charge in [-0.25, -0.2) is 0 Å². The molecule has 0 bridgehead atoms. The number of Topliss-reactive ketones (excluding diaryl/α,β-unsaturated/α-hetero) is 1. The lowest BCUT2D eigenvalue weighted by Gasteiger charge is -2.14. The molecule has 0 N–H and O–H groups in total. The smallest absolute Gasteiger partial charge is 0.163 e. The Balaban J connectivity index is 0.00000121. The first kappa shape index (κ1) is 16.0. The van der Waals surface area contributed by atoms with Crippen molar-refractivity contribution < 1.29 is 9.53 Å². The Hall–Kier alpha value is -1.02. The molecule has 0 saturated heterocycles. The first-order valence-electron chi connectivity index (χ1n) is 5.92. The van der Waals surface area contributed by atoms with Gasteiger partial charge in [-0.05, 0) is 44.9 Å². The Labute approximate surface area is 109 Å². The van der Waals surface area contributed by atoms with Crippen LogP contribution in [0.25, 0.3) is 0 Å². The summed E-state index contributed by atoms with van der Waals surface area (Å²) in [5.74, 6) is 0.635. The van der Waals surface area contributed by atoms with Gasteiger partial charge in [0.05, 0.1) is 12.2 Å². The molecule has 0 aliphatic carbocycles. The van der Waals surface area contributed by atoms with E-state index in [2.05, 4.69) is 0 Å². The van der Waals surface area contributed by atoms with Crippen molar-refractivity contribution in [2.24, 2.45) is 0 Å². The van der Waals surface area contributed by atoms with Crippen LogP contribution in [0.3, 0.4) is 0 Å². The fraction of sp³-hybridized carbons (Fsp3) is 0.500. The minimum Gasteiger partial charge on any atom is -0.493 e. The molecule has 3 heteroatoms. The molecule has 0 radical (unpaired) electrons. The SMILES string of the molecule is CC.CCOc1c(C(C)=O)cc(Cl)c(C)c1C. The van der Waals surface area contributed by atoms with Crippen molar-refractivity contribution in [3.63, 3.8) is 0 Å². The summed E-state index contributed by atoms with van der Waals surface area (Å²) in [5, 5.41) is 0.612. The van der Waals surface area contributed by atoms with Gasteiger partial charge in [-0.2, -0.15) is 0 Å². The summed E-state index contributed by atoms with van der Waals surface area (Å²) in [7, 11) is 0. The fourth-order valence-electron chi connectivity index (χ4n) is 1.44. The number of hydrogen-bond acceptors (Lipinski definition) is 2. The first-order valence-corrected chi connectivity index (χ1v) is 6.30. The minimum atomic E-state index is -0.0246. The van der Waals surface area contributed by atoms with Crippen molar-refractivity contribution in [3.8, 4) is 5.75 Å². The highest BCUT2D eigenvalue weighted by Crippen LogP contribution is 2.32. The standard InChI is InChI=1S/C12H15ClO2.C2H6/c1-5-15-12-8(3)7(2)11(13)6-10(12)9(4)14;1-2/h6H,5H2,1-4H3;1-2H3. The number of carbonyl (C=O) groups excluding carboxylic acids is 1. The van der Waals surface area contributed by atoms with E-state index in [0.717, 1.165) is 11.1 Å². The second-order valence-corrected chi connectivity index (χ2v) is 3.88. The topological polar surface area (TPSA) is 26.3 Å². The van der Waals surface area contributed by atoms with Crippen LogP contribution in [0, 0.1) is 13.8 Å². The minimum absolute atomic E-state index is 0.0246. The molecule has 1 aromatic carbocycles. The van der Waals surface area contributed by atoms with Crippen LogP contribution in [-0.4, -0.2) is 12.4 Å². The van der Waals surface area contributed by atoms with E-state index in [4.69, 9.17) is 16.3 Å². The average molecular weight is 257 g/mol. The van der Waals surface area contributed by atoms with Gasteiger partial charge in [0.1, 0.15) is 5.75 Å². The van der Waals surface area contributed by atoms with Gasteiger partial charge in [0.25, 0.3) is 0 Å². The van der Waals surface area contributed by atoms with Crippen molar-refractivity contribution in [2.75, 3.05) is 6.61 Å². The molecular weight excluding hydrogens is 236 g/mol. The highest BCUT2D eigenvalue weighted by Gasteiger charge is 2.15. The number of ether oxygens (including phenoxy) is 1. The molecule has 0 atom stereocenters. The molecule has 0 fully saturated rings. The zero-order valence-electron chi connectivity index (χ0n) is 11.5. The predicted molar refractivity (Wildman–Crippen MR) is 73.4 cm³/mol. The van der Waals surface area contributed by atoms with Gasteiger partial charge < -0.3 is 4.74 Å². The molecule has 96 valence electrons. The van der Waals surface area contributed by atoms with Gasteiger partial charge in [0.15, 0.2) is 5.78 Å². The zero-order chi connectivity index (χ0) is 13.6. The van der Waals surface area contributed by atoms with Crippen LogP contribution < -0.4 is 4.74 Å². The highest BCUT2D eigenvalue weighted by molar-refractivity contribution is 6.32. The predicted octanol–water partition coefficient (Wildman–Crippen LogP) is 4.58. The van der Waals surface area contributed by atoms with E-state index in [0.29, 0.717) is 22.9 Å². The normalized spacial score (nSPS) is 9.35. The Bertz CT molecular complexity index is 398. The second-order valence-electron chi connectivity index (χ2n) is 3.47. The lowest BCUT2D eigenvalue weighted by atomic mass is 10.0. The molecule has 0 saturated carbocycles. The number of rotatable bonds is 3. The second kappa shape index (κ2) is 7.33. The molecule has 1 rings (SSSR count). The third kappa shape index (κ3) is 3.74. The third-order valence-corrected chi connectivity index (χ3v) is 2.84. The number of benzene rings is 1. The van der Waals surface area contributed by atoms with E-state index < -0.39 is 0 Å². The van der Waals surface area contributed by atoms with Crippen LogP contribution in [0.5, 0.6) is 5.75 Å². The third-order valence-electron chi connectivity index (χ3n) is 2.44. The van der Waals surface area contributed by atoms with Gasteiger partial charge in [0, 0.05) is 5.02 Å². The number of halogens is 1. The van der Waals surface area contributed by atoms with E-state index in [1.165, 1.54) is 6.92 Å². The van der Waals surface area contributed by atoms with Crippen molar-refractivity contribution >= 4 is 17.4 Å². The Morgan fingerprint density at radius 2 is 1.82 bits per heavy atom. The van der Waals surface area contributed by atoms with Crippen LogP contribution >= 0.6 is 11.6 Å². The molecule has 0 heterocycles. The summed E-state index contributed by atoms with van der Waals surface area (Å²) in [5.41, 5.74) is 2.46. The summed E-state index contributed by atoms with van der Waals surface area (Å²) in [4.78, 5) is 11.4. The summed E-state index contributed by atoms with van der Waals surface area (Å²) in [6.07, 6.45) is 0. The molecular formula is C14H21ClO2. The molecule has 0 amide bonds. The van der Waals surface area contributed by atoms with Crippen molar-refractivity contribution in [1.29, 1.82) is 0 Å². The number of ketones is 1. The molecule has 17 heavy (non-hydrogen) atoms. The van der Waals surface area contributed by atoms with Crippen LogP contribution in [0.1, 0.15) is 49.2 Å². The quantitative estimate of drug-likeness (QED) is 0.740. The van der Waals surface area contributed by atoms with Crippen LogP contribution in [0.4, 0.5) is 0 Å². The maximum Gasteiger partial charge on any atom is 0.163 e. The molecule has 2 nitrogen and oxygen atoms in total. The van der Waals surface area contributed by atoms with Gasteiger partial charge in [-0.1, -0.05) is 25.4 Å². The molecule has 1 aromatic rings. The Kier molecular flexibility index (Phi) is 6.89. The van der Waals surface area contributed by atoms with E-state index in [9.17, 15) is 4.79 Å². The van der Waals surface area contributed by atoms with Crippen molar-refractivity contribution in [1.82, 2.24) is 0 Å². The first-order chi connectivity index (χ1) is 7.99. The summed E-state index contributed by atoms with van der Waals surface area (Å²) in [6, 6.07) is 1.68. The summed E-state index contributed by atoms with van der Waals surface area (Å²) < 4.78 is 5.49. The van der Waals surface area contributed by atoms with Crippen LogP contribution in [0.15, 0.2) is 6.07 Å². The van der Waals surface area contributed by atoms with Crippen LogP contribution in [-0.2, 0) is 0 Å². The average Bonchev–Trinajstić information content (AvgIpc) is 2.32. The van der Waals surface area contributed by atoms with E-state index in [1.54, 1.807) is 6.07 Å². The Morgan fingerprint density at radius 3 is 2.24 bits per heavy atom. The van der Waals surface area contributed by atoms with Crippen molar-refractivity contribution in [2.45, 2.75) is 41.5 Å². The molecule has 0 unspecified atom stereocenters. The monoisotopic (exact) mass is 256 g/mol. The van der Waals surface area contributed by atoms with Gasteiger partial charge >= 0.3 is 0 Å². The maximum atomic E-state index is 11.4. The summed E-state index contributed by atoms with van der Waals surface area (Å²) >= 11 is 6.03. The lowest BCUT2D eigenvalue weighted by molar-refractivity contribution is 0.101. The summed E-state index contributed by atoms with van der Waals surface area (Å²) in [6.45, 7) is 11.8. The zero-order valence-corrected chi connectivity index (χ0v) is 12.2. The van der Waals surface area contributed by atoms with Crippen LogP contribution in [0.2, 0.25) is 5.02 Å². The van der Waals surface area contributed by atoms with E-state index in [-0.39, 0.29) is 5.78 Å². The number of hydrogen-bond donors (Lipinski definition) is 0. The van der Waals surface area contributed by atoms with Gasteiger partial charge in [0.2, 0.25) is 0 Å². The molecule has 0 aromatic heterocycles. The van der Waals surface area contributed by atoms with Gasteiger partial charge in [-0.15, -0.1) is 0 Å². The fourth-order valence-corrected chi connectivity index (χ4v) is 1.69. The highest BCUT2D eigenvalue weighted by atomic mass is 35.5. The van der Waals surface area contributed by atoms with E-state index >= 15 is 0 Å². The van der Waals surface area contributed by atoms with Crippen molar-refractivity contribution in [3.05, 3.63) is 27.8 Å². The largest absolute Gasteiger partial charge is 0.493 e. The maximum absolute atomic E-state index is 11.4. The molecule has 0 aliphatic heterocycles. The lowest BCUT2D eigenvalue weighted by Crippen LogP contribution is -2.04. The van der Waals surface area contributed by atoms with E-state index in [1.807, 2.05) is 34.6 Å².